The van der Waals surface area contributed by atoms with Crippen molar-refractivity contribution in [3.63, 3.8) is 0 Å². The third-order valence-corrected chi connectivity index (χ3v) is 2.18. The molecule has 1 aliphatic rings. The Kier molecular flexibility index (Phi) is 5.51. The molecule has 108 valence electrons. The molecule has 0 aromatic carbocycles. The highest BCUT2D eigenvalue weighted by Gasteiger charge is 2.40. The van der Waals surface area contributed by atoms with Crippen molar-refractivity contribution >= 4 is 0 Å². The van der Waals surface area contributed by atoms with Gasteiger partial charge in [0.25, 0.3) is 0 Å². The summed E-state index contributed by atoms with van der Waals surface area (Å²) >= 11 is 0. The van der Waals surface area contributed by atoms with E-state index in [1.54, 1.807) is 0 Å². The van der Waals surface area contributed by atoms with Gasteiger partial charge in [0.1, 0.15) is 0 Å². The molecule has 0 aromatic rings. The van der Waals surface area contributed by atoms with E-state index in [1.165, 1.54) is 0 Å². The Morgan fingerprint density at radius 2 is 1.78 bits per heavy atom. The van der Waals surface area contributed by atoms with Gasteiger partial charge in [-0.2, -0.15) is 0 Å². The van der Waals surface area contributed by atoms with Crippen LogP contribution in [0.3, 0.4) is 0 Å². The maximum Gasteiger partial charge on any atom is 0.192 e. The van der Waals surface area contributed by atoms with Gasteiger partial charge in [-0.25, -0.2) is 0 Å². The second-order valence-corrected chi connectivity index (χ2v) is 5.56. The number of hydrogen-bond donors (Lipinski definition) is 2. The van der Waals surface area contributed by atoms with Crippen LogP contribution in [0.5, 0.6) is 0 Å². The Labute approximate surface area is 108 Å². The van der Waals surface area contributed by atoms with Crippen molar-refractivity contribution in [3.05, 3.63) is 0 Å². The fraction of sp³-hybridized carbons (Fsp3) is 1.00. The van der Waals surface area contributed by atoms with Gasteiger partial charge in [-0.3, -0.25) is 0 Å². The molecule has 18 heavy (non-hydrogen) atoms. The smallest absolute Gasteiger partial charge is 0.192 e. The average molecular weight is 264 g/mol. The predicted molar refractivity (Wildman–Crippen MR) is 63.7 cm³/mol. The molecular formula is C12H24O6. The van der Waals surface area contributed by atoms with Crippen LogP contribution >= 0.6 is 0 Å². The van der Waals surface area contributed by atoms with Crippen LogP contribution in [0.4, 0.5) is 0 Å². The standard InChI is InChI=1S/C12H24O6/c1-7(2)15-6-8-16-10(14)9(13)11(17-8)18-12(3,4)5/h7-11,13-14H,6H2,1-5H3/t8?,9-,10+,11+/m1/s1. The van der Waals surface area contributed by atoms with E-state index in [0.717, 1.165) is 0 Å². The molecule has 4 atom stereocenters. The van der Waals surface area contributed by atoms with Crippen LogP contribution in [-0.4, -0.2) is 53.5 Å². The number of hydrogen-bond acceptors (Lipinski definition) is 6. The lowest BCUT2D eigenvalue weighted by Crippen LogP contribution is -2.54. The fourth-order valence-corrected chi connectivity index (χ4v) is 1.43. The van der Waals surface area contributed by atoms with Gasteiger partial charge in [-0.1, -0.05) is 0 Å². The van der Waals surface area contributed by atoms with Gasteiger partial charge < -0.3 is 29.2 Å². The number of rotatable bonds is 4. The van der Waals surface area contributed by atoms with Crippen LogP contribution in [0.25, 0.3) is 0 Å². The maximum atomic E-state index is 9.73. The van der Waals surface area contributed by atoms with Crippen molar-refractivity contribution in [2.45, 2.75) is 71.3 Å². The van der Waals surface area contributed by atoms with Crippen LogP contribution < -0.4 is 0 Å². The zero-order valence-electron chi connectivity index (χ0n) is 11.6. The Morgan fingerprint density at radius 1 is 1.17 bits per heavy atom. The topological polar surface area (TPSA) is 77.4 Å². The largest absolute Gasteiger partial charge is 0.382 e. The van der Waals surface area contributed by atoms with Gasteiger partial charge in [0, 0.05) is 0 Å². The highest BCUT2D eigenvalue weighted by Crippen LogP contribution is 2.23. The summed E-state index contributed by atoms with van der Waals surface area (Å²) in [6, 6.07) is 0. The molecule has 1 saturated heterocycles. The lowest BCUT2D eigenvalue weighted by Gasteiger charge is -2.39. The van der Waals surface area contributed by atoms with E-state index < -0.39 is 30.6 Å². The molecule has 1 heterocycles. The summed E-state index contributed by atoms with van der Waals surface area (Å²) in [5.41, 5.74) is -0.494. The van der Waals surface area contributed by atoms with Crippen LogP contribution in [0, 0.1) is 0 Å². The molecule has 0 aromatic heterocycles. The molecule has 0 radical (unpaired) electrons. The molecule has 0 amide bonds. The second kappa shape index (κ2) is 6.27. The Bertz CT molecular complexity index is 249. The minimum absolute atomic E-state index is 0.0307. The van der Waals surface area contributed by atoms with E-state index in [4.69, 9.17) is 18.9 Å². The van der Waals surface area contributed by atoms with E-state index in [2.05, 4.69) is 0 Å². The highest BCUT2D eigenvalue weighted by atomic mass is 16.8. The van der Waals surface area contributed by atoms with E-state index in [9.17, 15) is 10.2 Å². The van der Waals surface area contributed by atoms with Crippen LogP contribution in [-0.2, 0) is 18.9 Å². The minimum Gasteiger partial charge on any atom is -0.382 e. The van der Waals surface area contributed by atoms with E-state index in [1.807, 2.05) is 34.6 Å². The third kappa shape index (κ3) is 5.17. The second-order valence-electron chi connectivity index (χ2n) is 5.56. The first-order valence-corrected chi connectivity index (χ1v) is 6.15. The van der Waals surface area contributed by atoms with Crippen molar-refractivity contribution in [2.75, 3.05) is 6.61 Å². The average Bonchev–Trinajstić information content (AvgIpc) is 2.20. The van der Waals surface area contributed by atoms with Gasteiger partial charge in [0.2, 0.25) is 0 Å². The maximum absolute atomic E-state index is 9.73. The quantitative estimate of drug-likeness (QED) is 0.774. The first kappa shape index (κ1) is 15.8. The van der Waals surface area contributed by atoms with Crippen LogP contribution in [0.15, 0.2) is 0 Å². The van der Waals surface area contributed by atoms with E-state index >= 15 is 0 Å². The lowest BCUT2D eigenvalue weighted by molar-refractivity contribution is -0.398. The summed E-state index contributed by atoms with van der Waals surface area (Å²) in [5, 5.41) is 19.3. The first-order valence-electron chi connectivity index (χ1n) is 6.15. The Balaban J connectivity index is 2.55. The molecule has 6 heteroatoms. The lowest BCUT2D eigenvalue weighted by atomic mass is 10.2. The van der Waals surface area contributed by atoms with Gasteiger partial charge in [-0.05, 0) is 34.6 Å². The monoisotopic (exact) mass is 264 g/mol. The number of aliphatic hydroxyl groups excluding tert-OH is 2. The third-order valence-electron chi connectivity index (χ3n) is 2.18. The SMILES string of the molecule is CC(C)OCC1O[C@@H](OC(C)(C)C)[C@H](O)[C@@H](O)O1. The van der Waals surface area contributed by atoms with Crippen molar-refractivity contribution in [2.24, 2.45) is 0 Å². The summed E-state index contributed by atoms with van der Waals surface area (Å²) < 4.78 is 21.4. The molecule has 1 fully saturated rings. The molecule has 0 saturated carbocycles. The number of ether oxygens (including phenoxy) is 4. The minimum atomic E-state index is -1.34. The molecule has 1 unspecified atom stereocenters. The van der Waals surface area contributed by atoms with Gasteiger partial charge >= 0.3 is 0 Å². The molecule has 0 bridgehead atoms. The summed E-state index contributed by atoms with van der Waals surface area (Å²) in [6.45, 7) is 9.46. The first-order chi connectivity index (χ1) is 8.19. The normalized spacial score (nSPS) is 34.0. The van der Waals surface area contributed by atoms with E-state index in [-0.39, 0.29) is 12.7 Å². The van der Waals surface area contributed by atoms with Crippen molar-refractivity contribution in [3.8, 4) is 0 Å². The van der Waals surface area contributed by atoms with E-state index in [0.29, 0.717) is 0 Å². The fourth-order valence-electron chi connectivity index (χ4n) is 1.43. The molecule has 2 N–H and O–H groups in total. The van der Waals surface area contributed by atoms with Gasteiger partial charge in [0.15, 0.2) is 25.0 Å². The summed E-state index contributed by atoms with van der Waals surface area (Å²) in [6.07, 6.45) is -4.23. The predicted octanol–water partition coefficient (Wildman–Crippen LogP) is 0.605. The molecule has 6 nitrogen and oxygen atoms in total. The van der Waals surface area contributed by atoms with Crippen molar-refractivity contribution in [1.82, 2.24) is 0 Å². The summed E-state index contributed by atoms with van der Waals surface area (Å²) in [7, 11) is 0. The molecule has 0 spiro atoms. The van der Waals surface area contributed by atoms with Gasteiger partial charge in [-0.15, -0.1) is 0 Å². The van der Waals surface area contributed by atoms with Crippen LogP contribution in [0.2, 0.25) is 0 Å². The summed E-state index contributed by atoms with van der Waals surface area (Å²) in [4.78, 5) is 0. The van der Waals surface area contributed by atoms with Gasteiger partial charge in [0.05, 0.1) is 18.3 Å². The molecule has 0 aliphatic carbocycles. The highest BCUT2D eigenvalue weighted by molar-refractivity contribution is 4.73. The zero-order chi connectivity index (χ0) is 13.9. The molecule has 1 aliphatic heterocycles. The zero-order valence-corrected chi connectivity index (χ0v) is 11.6. The Hall–Kier alpha value is -0.240. The molecular weight excluding hydrogens is 240 g/mol. The number of aliphatic hydroxyl groups is 2. The van der Waals surface area contributed by atoms with Crippen molar-refractivity contribution < 1.29 is 29.2 Å². The van der Waals surface area contributed by atoms with Crippen LogP contribution in [0.1, 0.15) is 34.6 Å². The van der Waals surface area contributed by atoms with Crippen molar-refractivity contribution in [1.29, 1.82) is 0 Å². The summed E-state index contributed by atoms with van der Waals surface area (Å²) in [5.74, 6) is 0. The molecule has 1 rings (SSSR count). The Morgan fingerprint density at radius 3 is 2.28 bits per heavy atom.